The minimum atomic E-state index is -1.90. The van der Waals surface area contributed by atoms with Crippen molar-refractivity contribution >= 4 is 14.3 Å². The largest absolute Gasteiger partial charge is 0.457 e. The second-order valence-electron chi connectivity index (χ2n) is 7.93. The zero-order valence-corrected chi connectivity index (χ0v) is 15.1. The summed E-state index contributed by atoms with van der Waals surface area (Å²) >= 11 is 0. The summed E-state index contributed by atoms with van der Waals surface area (Å²) in [7, 11) is -1.90. The third kappa shape index (κ3) is 3.25. The minimum Gasteiger partial charge on any atom is -0.457 e. The van der Waals surface area contributed by atoms with Crippen molar-refractivity contribution in [1.82, 2.24) is 0 Å². The van der Waals surface area contributed by atoms with E-state index in [2.05, 4.69) is 40.4 Å². The molecule has 1 unspecified atom stereocenters. The van der Waals surface area contributed by atoms with E-state index < -0.39 is 13.9 Å². The molecule has 2 bridgehead atoms. The van der Waals surface area contributed by atoms with Gasteiger partial charge in [-0.2, -0.15) is 0 Å². The molecule has 1 heterocycles. The van der Waals surface area contributed by atoms with Crippen molar-refractivity contribution in [3.8, 4) is 0 Å². The first-order valence-corrected chi connectivity index (χ1v) is 10.5. The quantitative estimate of drug-likeness (QED) is 0.455. The van der Waals surface area contributed by atoms with Crippen LogP contribution in [0.15, 0.2) is 12.2 Å². The van der Waals surface area contributed by atoms with E-state index in [0.717, 1.165) is 5.57 Å². The Kier molecular flexibility index (Phi) is 4.15. The Morgan fingerprint density at radius 2 is 2.00 bits per heavy atom. The minimum absolute atomic E-state index is 0.0483. The van der Waals surface area contributed by atoms with Crippen molar-refractivity contribution in [3.05, 3.63) is 12.2 Å². The summed E-state index contributed by atoms with van der Waals surface area (Å²) in [6, 6.07) is 0. The van der Waals surface area contributed by atoms with Crippen LogP contribution in [-0.2, 0) is 18.7 Å². The van der Waals surface area contributed by atoms with Gasteiger partial charge < -0.3 is 13.9 Å². The highest BCUT2D eigenvalue weighted by Crippen LogP contribution is 2.46. The van der Waals surface area contributed by atoms with Crippen LogP contribution >= 0.6 is 0 Å². The molecule has 4 nitrogen and oxygen atoms in total. The van der Waals surface area contributed by atoms with Gasteiger partial charge in [-0.1, -0.05) is 27.4 Å². The predicted octanol–water partition coefficient (Wildman–Crippen LogP) is 3.43. The molecule has 1 aliphatic heterocycles. The number of hydrogen-bond acceptors (Lipinski definition) is 4. The molecule has 0 aromatic heterocycles. The fourth-order valence-corrected chi connectivity index (χ4v) is 4.13. The molecule has 1 saturated heterocycles. The number of esters is 1. The Hall–Kier alpha value is -0.653. The predicted molar refractivity (Wildman–Crippen MR) is 84.7 cm³/mol. The molecule has 0 aromatic rings. The van der Waals surface area contributed by atoms with Crippen molar-refractivity contribution in [2.45, 2.75) is 76.5 Å². The maximum absolute atomic E-state index is 11.4. The third-order valence-corrected chi connectivity index (χ3v) is 9.58. The van der Waals surface area contributed by atoms with Crippen LogP contribution in [0.25, 0.3) is 0 Å². The normalized spacial score (nSPS) is 33.1. The Balaban J connectivity index is 2.17. The molecule has 1 aliphatic carbocycles. The standard InChI is InChI=1S/C16H28O4Si/c1-11-13-8-16(10-18-13,19-12(2)17)9-14(11)20-21(6,7)15(3,4)5/h13-14H,1,8-10H2,2-7H3/t13-,14?,16-/m1/s1. The van der Waals surface area contributed by atoms with Crippen LogP contribution in [0.2, 0.25) is 18.1 Å². The van der Waals surface area contributed by atoms with Gasteiger partial charge in [0.2, 0.25) is 0 Å². The number of carbonyl (C=O) groups excluding carboxylic acids is 1. The van der Waals surface area contributed by atoms with E-state index >= 15 is 0 Å². The molecular formula is C16H28O4Si. The summed E-state index contributed by atoms with van der Waals surface area (Å²) in [6.07, 6.45) is 1.25. The Bertz CT molecular complexity index is 452. The van der Waals surface area contributed by atoms with Crippen molar-refractivity contribution in [3.63, 3.8) is 0 Å². The molecule has 0 radical (unpaired) electrons. The van der Waals surface area contributed by atoms with E-state index in [1.54, 1.807) is 0 Å². The fourth-order valence-electron chi connectivity index (χ4n) is 2.83. The van der Waals surface area contributed by atoms with E-state index in [9.17, 15) is 4.79 Å². The number of fused-ring (bicyclic) bond motifs is 2. The summed E-state index contributed by atoms with van der Waals surface area (Å²) in [6.45, 7) is 17.2. The first-order valence-electron chi connectivity index (χ1n) is 7.63. The summed E-state index contributed by atoms with van der Waals surface area (Å²) in [4.78, 5) is 11.4. The molecule has 2 fully saturated rings. The van der Waals surface area contributed by atoms with Crippen molar-refractivity contribution < 1.29 is 18.7 Å². The van der Waals surface area contributed by atoms with Crippen molar-refractivity contribution in [1.29, 1.82) is 0 Å². The zero-order chi connectivity index (χ0) is 16.1. The van der Waals surface area contributed by atoms with Crippen molar-refractivity contribution in [2.24, 2.45) is 0 Å². The van der Waals surface area contributed by atoms with Gasteiger partial charge in [-0.25, -0.2) is 0 Å². The molecule has 0 amide bonds. The van der Waals surface area contributed by atoms with E-state index in [1.165, 1.54) is 6.92 Å². The molecule has 5 heteroatoms. The zero-order valence-electron chi connectivity index (χ0n) is 14.1. The highest BCUT2D eigenvalue weighted by atomic mass is 28.4. The highest BCUT2D eigenvalue weighted by molar-refractivity contribution is 6.74. The van der Waals surface area contributed by atoms with E-state index in [4.69, 9.17) is 13.9 Å². The Morgan fingerprint density at radius 3 is 2.52 bits per heavy atom. The van der Waals surface area contributed by atoms with Gasteiger partial charge in [0, 0.05) is 19.8 Å². The molecule has 2 aliphatic rings. The van der Waals surface area contributed by atoms with Crippen LogP contribution in [-0.4, -0.2) is 38.7 Å². The van der Waals surface area contributed by atoms with Crippen LogP contribution in [0.3, 0.4) is 0 Å². The number of rotatable bonds is 3. The summed E-state index contributed by atoms with van der Waals surface area (Å²) in [5, 5.41) is 0.138. The van der Waals surface area contributed by atoms with Crippen LogP contribution < -0.4 is 0 Å². The van der Waals surface area contributed by atoms with Gasteiger partial charge in [0.05, 0.1) is 18.8 Å². The highest BCUT2D eigenvalue weighted by Gasteiger charge is 2.53. The van der Waals surface area contributed by atoms with Crippen LogP contribution in [0.1, 0.15) is 40.5 Å². The lowest BCUT2D eigenvalue weighted by atomic mass is 9.81. The number of ether oxygens (including phenoxy) is 2. The SMILES string of the molecule is C=C1C(O[Si](C)(C)C(C)(C)C)C[C@@]2(OC(C)=O)CO[C@@H]1C2. The lowest BCUT2D eigenvalue weighted by Gasteiger charge is -2.43. The lowest BCUT2D eigenvalue weighted by Crippen LogP contribution is -2.50. The van der Waals surface area contributed by atoms with E-state index in [1.807, 2.05) is 0 Å². The number of hydrogen-bond donors (Lipinski definition) is 0. The number of carbonyl (C=O) groups is 1. The molecule has 120 valence electrons. The first-order chi connectivity index (χ1) is 9.46. The Labute approximate surface area is 129 Å². The maximum atomic E-state index is 11.4. The lowest BCUT2D eigenvalue weighted by molar-refractivity contribution is -0.159. The second-order valence-corrected chi connectivity index (χ2v) is 12.7. The third-order valence-electron chi connectivity index (χ3n) is 5.09. The van der Waals surface area contributed by atoms with Gasteiger partial charge in [0.25, 0.3) is 0 Å². The smallest absolute Gasteiger partial charge is 0.303 e. The molecule has 0 N–H and O–H groups in total. The average molecular weight is 312 g/mol. The van der Waals surface area contributed by atoms with Crippen molar-refractivity contribution in [2.75, 3.05) is 6.61 Å². The van der Waals surface area contributed by atoms with Crippen LogP contribution in [0.5, 0.6) is 0 Å². The molecule has 3 atom stereocenters. The van der Waals surface area contributed by atoms with Gasteiger partial charge in [-0.15, -0.1) is 0 Å². The fraction of sp³-hybridized carbons (Fsp3) is 0.812. The molecule has 2 rings (SSSR count). The van der Waals surface area contributed by atoms with Gasteiger partial charge in [-0.3, -0.25) is 4.79 Å². The van der Waals surface area contributed by atoms with Gasteiger partial charge in [0.1, 0.15) is 5.60 Å². The first kappa shape index (κ1) is 16.7. The molecule has 0 spiro atoms. The molecule has 21 heavy (non-hydrogen) atoms. The molecular weight excluding hydrogens is 284 g/mol. The van der Waals surface area contributed by atoms with Gasteiger partial charge in [-0.05, 0) is 23.7 Å². The van der Waals surface area contributed by atoms with Gasteiger partial charge in [0.15, 0.2) is 8.32 Å². The Morgan fingerprint density at radius 1 is 1.38 bits per heavy atom. The van der Waals surface area contributed by atoms with E-state index in [0.29, 0.717) is 19.4 Å². The monoisotopic (exact) mass is 312 g/mol. The molecule has 1 saturated carbocycles. The summed E-state index contributed by atoms with van der Waals surface area (Å²) in [5.41, 5.74) is 0.477. The average Bonchev–Trinajstić information content (AvgIpc) is 2.63. The maximum Gasteiger partial charge on any atom is 0.303 e. The summed E-state index contributed by atoms with van der Waals surface area (Å²) in [5.74, 6) is -0.252. The van der Waals surface area contributed by atoms with Crippen LogP contribution in [0.4, 0.5) is 0 Å². The van der Waals surface area contributed by atoms with Gasteiger partial charge >= 0.3 is 5.97 Å². The van der Waals surface area contributed by atoms with E-state index in [-0.39, 0.29) is 23.2 Å². The topological polar surface area (TPSA) is 44.8 Å². The van der Waals surface area contributed by atoms with Crippen LogP contribution in [0, 0.1) is 0 Å². The summed E-state index contributed by atoms with van der Waals surface area (Å²) < 4.78 is 17.9. The second kappa shape index (κ2) is 5.21. The molecule has 0 aromatic carbocycles.